The highest BCUT2D eigenvalue weighted by Crippen LogP contribution is 2.42. The van der Waals surface area contributed by atoms with Gasteiger partial charge in [-0.1, -0.05) is 24.0 Å². The molecule has 0 unspecified atom stereocenters. The van der Waals surface area contributed by atoms with Crippen LogP contribution in [0.4, 0.5) is 11.4 Å². The maximum atomic E-state index is 9.93. The highest BCUT2D eigenvalue weighted by Gasteiger charge is 2.17. The van der Waals surface area contributed by atoms with E-state index in [2.05, 4.69) is 11.8 Å². The quantitative estimate of drug-likeness (QED) is 0.210. The van der Waals surface area contributed by atoms with Crippen LogP contribution in [0.15, 0.2) is 60.7 Å². The molecular formula is C26H18N2O4. The van der Waals surface area contributed by atoms with Crippen LogP contribution in [-0.2, 0) is 0 Å². The lowest BCUT2D eigenvalue weighted by Crippen LogP contribution is -1.96. The summed E-state index contributed by atoms with van der Waals surface area (Å²) in [6, 6.07) is 16.1. The molecule has 0 radical (unpaired) electrons. The first-order chi connectivity index (χ1) is 15.4. The smallest absolute Gasteiger partial charge is 0.151 e. The summed E-state index contributed by atoms with van der Waals surface area (Å²) in [6.07, 6.45) is 11.5. The van der Waals surface area contributed by atoms with E-state index in [-0.39, 0.29) is 22.9 Å². The molecule has 6 N–H and O–H groups in total. The number of terminal acetylenes is 2. The largest absolute Gasteiger partial charge is 0.506 e. The van der Waals surface area contributed by atoms with Crippen molar-refractivity contribution >= 4 is 22.1 Å². The maximum Gasteiger partial charge on any atom is 0.151 e. The molecule has 0 aliphatic rings. The van der Waals surface area contributed by atoms with E-state index in [0.29, 0.717) is 44.9 Å². The van der Waals surface area contributed by atoms with Gasteiger partial charge >= 0.3 is 0 Å². The van der Waals surface area contributed by atoms with E-state index in [9.17, 15) is 10.2 Å². The van der Waals surface area contributed by atoms with Crippen molar-refractivity contribution in [2.45, 2.75) is 0 Å². The Morgan fingerprint density at radius 1 is 0.719 bits per heavy atom. The number of benzene rings is 4. The van der Waals surface area contributed by atoms with Crippen molar-refractivity contribution in [3.05, 3.63) is 71.8 Å². The van der Waals surface area contributed by atoms with E-state index in [1.807, 2.05) is 0 Å². The molecular weight excluding hydrogens is 404 g/mol. The molecule has 4 rings (SSSR count). The molecule has 156 valence electrons. The zero-order chi connectivity index (χ0) is 22.8. The van der Waals surface area contributed by atoms with E-state index in [1.54, 1.807) is 36.4 Å². The van der Waals surface area contributed by atoms with Crippen LogP contribution in [0.2, 0.25) is 0 Å². The number of aromatic hydroxyl groups is 2. The third kappa shape index (κ3) is 3.65. The van der Waals surface area contributed by atoms with Gasteiger partial charge in [-0.3, -0.25) is 0 Å². The molecule has 6 heteroatoms. The summed E-state index contributed by atoms with van der Waals surface area (Å²) in [6.45, 7) is 0. The minimum atomic E-state index is -0.110. The molecule has 0 amide bonds. The summed E-state index contributed by atoms with van der Waals surface area (Å²) in [5.41, 5.74) is 12.8. The van der Waals surface area contributed by atoms with Gasteiger partial charge < -0.3 is 31.2 Å². The lowest BCUT2D eigenvalue weighted by atomic mass is 9.99. The number of ether oxygens (including phenoxy) is 2. The fourth-order valence-corrected chi connectivity index (χ4v) is 3.26. The normalized spacial score (nSPS) is 10.3. The molecule has 0 bridgehead atoms. The summed E-state index contributed by atoms with van der Waals surface area (Å²) in [7, 11) is 0. The van der Waals surface area contributed by atoms with Crippen LogP contribution >= 0.6 is 0 Å². The second-order valence-corrected chi connectivity index (χ2v) is 6.91. The van der Waals surface area contributed by atoms with Crippen LogP contribution in [0.1, 0.15) is 11.1 Å². The SMILES string of the molecule is C#Cc1cc(C#C)c2c(Oc3ccc(N)c(O)c3)cccc2c1Oc1ccc(N)c(O)c1. The number of hydrogen-bond donors (Lipinski definition) is 4. The molecule has 0 atom stereocenters. The third-order valence-corrected chi connectivity index (χ3v) is 4.84. The fourth-order valence-electron chi connectivity index (χ4n) is 3.26. The lowest BCUT2D eigenvalue weighted by molar-refractivity contribution is 0.456. The van der Waals surface area contributed by atoms with E-state index < -0.39 is 0 Å². The molecule has 4 aromatic rings. The van der Waals surface area contributed by atoms with E-state index in [1.165, 1.54) is 24.3 Å². The maximum absolute atomic E-state index is 9.93. The Labute approximate surface area is 184 Å². The van der Waals surface area contributed by atoms with Gasteiger partial charge in [0.15, 0.2) is 5.75 Å². The second-order valence-electron chi connectivity index (χ2n) is 6.91. The third-order valence-electron chi connectivity index (χ3n) is 4.84. The number of fused-ring (bicyclic) bond motifs is 1. The highest BCUT2D eigenvalue weighted by atomic mass is 16.5. The Morgan fingerprint density at radius 2 is 1.31 bits per heavy atom. The molecule has 0 spiro atoms. The number of phenolic OH excluding ortho intramolecular Hbond substituents is 2. The van der Waals surface area contributed by atoms with Crippen molar-refractivity contribution < 1.29 is 19.7 Å². The van der Waals surface area contributed by atoms with E-state index >= 15 is 0 Å². The Balaban J connectivity index is 1.90. The van der Waals surface area contributed by atoms with Crippen LogP contribution in [0.5, 0.6) is 34.5 Å². The minimum absolute atomic E-state index is 0.0956. The van der Waals surface area contributed by atoms with Crippen molar-refractivity contribution in [1.82, 2.24) is 0 Å². The van der Waals surface area contributed by atoms with Gasteiger partial charge in [-0.2, -0.15) is 0 Å². The van der Waals surface area contributed by atoms with Crippen molar-refractivity contribution in [3.8, 4) is 59.2 Å². The van der Waals surface area contributed by atoms with Crippen LogP contribution in [-0.4, -0.2) is 10.2 Å². The Morgan fingerprint density at radius 3 is 1.88 bits per heavy atom. The Kier molecular flexibility index (Phi) is 5.12. The molecule has 0 aromatic heterocycles. The summed E-state index contributed by atoms with van der Waals surface area (Å²) in [5.74, 6) is 6.56. The van der Waals surface area contributed by atoms with E-state index in [0.717, 1.165) is 0 Å². The molecule has 0 aliphatic heterocycles. The molecule has 0 aliphatic carbocycles. The molecule has 32 heavy (non-hydrogen) atoms. The molecule has 0 heterocycles. The van der Waals surface area contributed by atoms with Crippen molar-refractivity contribution in [3.63, 3.8) is 0 Å². The predicted molar refractivity (Wildman–Crippen MR) is 125 cm³/mol. The number of phenols is 2. The number of rotatable bonds is 4. The Hall–Kier alpha value is -4.94. The molecule has 4 aromatic carbocycles. The topological polar surface area (TPSA) is 111 Å². The van der Waals surface area contributed by atoms with Crippen LogP contribution in [0, 0.1) is 24.7 Å². The minimum Gasteiger partial charge on any atom is -0.506 e. The highest BCUT2D eigenvalue weighted by molar-refractivity contribution is 5.99. The van der Waals surface area contributed by atoms with Crippen molar-refractivity contribution in [1.29, 1.82) is 0 Å². The van der Waals surface area contributed by atoms with Crippen molar-refractivity contribution in [2.75, 3.05) is 11.5 Å². The standard InChI is InChI=1S/C26H18N2O4/c1-3-15-12-16(4-2)26(32-18-9-11-21(28)23(30)14-18)19-6-5-7-24(25(15)19)31-17-8-10-20(27)22(29)13-17/h1-2,5-14,29-30H,27-28H2. The molecule has 6 nitrogen and oxygen atoms in total. The van der Waals surface area contributed by atoms with E-state index in [4.69, 9.17) is 33.8 Å². The first-order valence-corrected chi connectivity index (χ1v) is 9.47. The van der Waals surface area contributed by atoms with Gasteiger partial charge in [-0.25, -0.2) is 0 Å². The summed E-state index contributed by atoms with van der Waals surface area (Å²) in [4.78, 5) is 0. The van der Waals surface area contributed by atoms with Gasteiger partial charge in [0, 0.05) is 28.5 Å². The zero-order valence-corrected chi connectivity index (χ0v) is 16.8. The van der Waals surface area contributed by atoms with Gasteiger partial charge in [-0.15, -0.1) is 12.8 Å². The average molecular weight is 422 g/mol. The number of nitrogens with two attached hydrogens (primary N) is 2. The molecule has 0 saturated carbocycles. The second kappa shape index (κ2) is 8.06. The first-order valence-electron chi connectivity index (χ1n) is 9.47. The summed E-state index contributed by atoms with van der Waals surface area (Å²) in [5, 5.41) is 21.0. The van der Waals surface area contributed by atoms with Gasteiger partial charge in [0.05, 0.1) is 16.9 Å². The van der Waals surface area contributed by atoms with Crippen LogP contribution < -0.4 is 20.9 Å². The van der Waals surface area contributed by atoms with Gasteiger partial charge in [0.2, 0.25) is 0 Å². The van der Waals surface area contributed by atoms with Gasteiger partial charge in [-0.05, 0) is 36.4 Å². The molecule has 0 saturated heterocycles. The zero-order valence-electron chi connectivity index (χ0n) is 16.8. The monoisotopic (exact) mass is 422 g/mol. The lowest BCUT2D eigenvalue weighted by Gasteiger charge is -2.16. The van der Waals surface area contributed by atoms with Crippen LogP contribution in [0.25, 0.3) is 10.8 Å². The number of hydrogen-bond acceptors (Lipinski definition) is 6. The number of anilines is 2. The van der Waals surface area contributed by atoms with Gasteiger partial charge in [0.1, 0.15) is 28.7 Å². The number of nitrogen functional groups attached to an aromatic ring is 2. The van der Waals surface area contributed by atoms with Crippen molar-refractivity contribution in [2.24, 2.45) is 0 Å². The van der Waals surface area contributed by atoms with Crippen LogP contribution in [0.3, 0.4) is 0 Å². The predicted octanol–water partition coefficient (Wildman–Crippen LogP) is 4.96. The first kappa shape index (κ1) is 20.3. The summed E-state index contributed by atoms with van der Waals surface area (Å²) < 4.78 is 12.1. The fraction of sp³-hybridized carbons (Fsp3) is 0. The van der Waals surface area contributed by atoms with Gasteiger partial charge in [0.25, 0.3) is 0 Å². The Bertz CT molecular complexity index is 1450. The molecule has 0 fully saturated rings. The summed E-state index contributed by atoms with van der Waals surface area (Å²) >= 11 is 0. The average Bonchev–Trinajstić information content (AvgIpc) is 2.79.